The van der Waals surface area contributed by atoms with Crippen LogP contribution < -0.4 is 0 Å². The molecule has 0 bridgehead atoms. The molecule has 0 aliphatic heterocycles. The summed E-state index contributed by atoms with van der Waals surface area (Å²) in [6.07, 6.45) is 7.32. The van der Waals surface area contributed by atoms with Crippen molar-refractivity contribution in [2.45, 2.75) is 56.6 Å². The standard InChI is InChI=1S/C18H25NS/c1-2-3-7-12-20-18-13-16(10-11-17(18)14-19)15-8-5-4-6-9-15/h4-6,8-9,16-18H,2-3,7,10-13H2,1H3. The zero-order chi connectivity index (χ0) is 14.2. The number of rotatable bonds is 6. The third kappa shape index (κ3) is 4.28. The van der Waals surface area contributed by atoms with Crippen molar-refractivity contribution in [1.82, 2.24) is 0 Å². The predicted molar refractivity (Wildman–Crippen MR) is 87.9 cm³/mol. The van der Waals surface area contributed by atoms with Gasteiger partial charge in [0.1, 0.15) is 0 Å². The van der Waals surface area contributed by atoms with Crippen molar-refractivity contribution in [3.05, 3.63) is 35.9 Å². The smallest absolute Gasteiger partial charge is 0.0667 e. The Morgan fingerprint density at radius 3 is 2.70 bits per heavy atom. The summed E-state index contributed by atoms with van der Waals surface area (Å²) in [4.78, 5) is 0. The van der Waals surface area contributed by atoms with Gasteiger partial charge < -0.3 is 0 Å². The van der Waals surface area contributed by atoms with Crippen LogP contribution in [0.15, 0.2) is 30.3 Å². The van der Waals surface area contributed by atoms with Gasteiger partial charge in [-0.15, -0.1) is 0 Å². The number of thioether (sulfide) groups is 1. The zero-order valence-electron chi connectivity index (χ0n) is 12.4. The van der Waals surface area contributed by atoms with Crippen LogP contribution in [-0.2, 0) is 0 Å². The van der Waals surface area contributed by atoms with E-state index in [1.807, 2.05) is 11.8 Å². The van der Waals surface area contributed by atoms with Gasteiger partial charge in [-0.25, -0.2) is 0 Å². The highest BCUT2D eigenvalue weighted by Crippen LogP contribution is 2.41. The fourth-order valence-corrected chi connectivity index (χ4v) is 4.55. The Bertz CT molecular complexity index is 423. The van der Waals surface area contributed by atoms with Crippen molar-refractivity contribution < 1.29 is 0 Å². The first-order valence-corrected chi connectivity index (χ1v) is 8.96. The molecule has 3 unspecified atom stereocenters. The van der Waals surface area contributed by atoms with Crippen molar-refractivity contribution in [3.8, 4) is 6.07 Å². The minimum Gasteiger partial charge on any atom is -0.198 e. The van der Waals surface area contributed by atoms with E-state index in [4.69, 9.17) is 0 Å². The average Bonchev–Trinajstić information content (AvgIpc) is 2.52. The maximum absolute atomic E-state index is 9.36. The van der Waals surface area contributed by atoms with E-state index < -0.39 is 0 Å². The summed E-state index contributed by atoms with van der Waals surface area (Å²) in [5, 5.41) is 9.90. The second-order valence-electron chi connectivity index (χ2n) is 5.77. The quantitative estimate of drug-likeness (QED) is 0.655. The van der Waals surface area contributed by atoms with Crippen LogP contribution in [0.25, 0.3) is 0 Å². The van der Waals surface area contributed by atoms with Crippen LogP contribution in [-0.4, -0.2) is 11.0 Å². The van der Waals surface area contributed by atoms with Gasteiger partial charge in [-0.05, 0) is 42.9 Å². The molecule has 0 amide bonds. The molecule has 1 saturated carbocycles. The molecule has 20 heavy (non-hydrogen) atoms. The number of hydrogen-bond acceptors (Lipinski definition) is 2. The van der Waals surface area contributed by atoms with E-state index in [0.717, 1.165) is 6.42 Å². The Balaban J connectivity index is 1.92. The molecular weight excluding hydrogens is 262 g/mol. The number of unbranched alkanes of at least 4 members (excludes halogenated alkanes) is 2. The van der Waals surface area contributed by atoms with E-state index in [9.17, 15) is 5.26 Å². The molecule has 0 N–H and O–H groups in total. The van der Waals surface area contributed by atoms with Crippen LogP contribution in [0.4, 0.5) is 0 Å². The van der Waals surface area contributed by atoms with E-state index in [-0.39, 0.29) is 5.92 Å². The number of benzene rings is 1. The first kappa shape index (κ1) is 15.4. The fourth-order valence-electron chi connectivity index (χ4n) is 3.08. The van der Waals surface area contributed by atoms with Gasteiger partial charge in [-0.3, -0.25) is 0 Å². The average molecular weight is 287 g/mol. The molecule has 0 heterocycles. The molecule has 0 radical (unpaired) electrons. The van der Waals surface area contributed by atoms with E-state index >= 15 is 0 Å². The van der Waals surface area contributed by atoms with Crippen molar-refractivity contribution in [2.75, 3.05) is 5.75 Å². The lowest BCUT2D eigenvalue weighted by molar-refractivity contribution is 0.393. The molecule has 0 saturated heterocycles. The Hall–Kier alpha value is -0.940. The maximum Gasteiger partial charge on any atom is 0.0667 e. The van der Waals surface area contributed by atoms with Crippen LogP contribution in [0.2, 0.25) is 0 Å². The molecule has 1 aromatic rings. The van der Waals surface area contributed by atoms with Crippen molar-refractivity contribution >= 4 is 11.8 Å². The molecule has 1 nitrogen and oxygen atoms in total. The van der Waals surface area contributed by atoms with Gasteiger partial charge in [0.25, 0.3) is 0 Å². The van der Waals surface area contributed by atoms with Gasteiger partial charge in [-0.2, -0.15) is 17.0 Å². The van der Waals surface area contributed by atoms with Crippen LogP contribution in [0, 0.1) is 17.2 Å². The monoisotopic (exact) mass is 287 g/mol. The highest BCUT2D eigenvalue weighted by Gasteiger charge is 2.31. The Morgan fingerprint density at radius 2 is 2.00 bits per heavy atom. The van der Waals surface area contributed by atoms with E-state index in [0.29, 0.717) is 11.2 Å². The summed E-state index contributed by atoms with van der Waals surface area (Å²) in [5.41, 5.74) is 1.46. The Morgan fingerprint density at radius 1 is 1.20 bits per heavy atom. The summed E-state index contributed by atoms with van der Waals surface area (Å²) in [6.45, 7) is 2.24. The summed E-state index contributed by atoms with van der Waals surface area (Å²) < 4.78 is 0. The molecular formula is C18H25NS. The maximum atomic E-state index is 9.36. The molecule has 1 aromatic carbocycles. The summed E-state index contributed by atoms with van der Waals surface area (Å²) in [7, 11) is 0. The largest absolute Gasteiger partial charge is 0.198 e. The van der Waals surface area contributed by atoms with Crippen LogP contribution in [0.3, 0.4) is 0 Å². The number of nitrogens with zero attached hydrogens (tertiary/aromatic N) is 1. The molecule has 108 valence electrons. The normalized spacial score (nSPS) is 26.1. The van der Waals surface area contributed by atoms with Gasteiger partial charge in [0, 0.05) is 5.25 Å². The van der Waals surface area contributed by atoms with Gasteiger partial charge in [0.05, 0.1) is 12.0 Å². The lowest BCUT2D eigenvalue weighted by Crippen LogP contribution is -2.25. The molecule has 0 spiro atoms. The molecule has 3 atom stereocenters. The third-order valence-corrected chi connectivity index (χ3v) is 5.78. The van der Waals surface area contributed by atoms with Crippen molar-refractivity contribution in [1.29, 1.82) is 5.26 Å². The Kier molecular flexibility index (Phi) is 6.47. The molecule has 1 fully saturated rings. The number of hydrogen-bond donors (Lipinski definition) is 0. The second-order valence-corrected chi connectivity index (χ2v) is 7.12. The first-order valence-electron chi connectivity index (χ1n) is 7.91. The van der Waals surface area contributed by atoms with E-state index in [1.165, 1.54) is 43.4 Å². The highest BCUT2D eigenvalue weighted by molar-refractivity contribution is 7.99. The van der Waals surface area contributed by atoms with Gasteiger partial charge in [-0.1, -0.05) is 50.1 Å². The topological polar surface area (TPSA) is 23.8 Å². The van der Waals surface area contributed by atoms with E-state index in [1.54, 1.807) is 0 Å². The van der Waals surface area contributed by atoms with Crippen LogP contribution in [0.1, 0.15) is 56.9 Å². The summed E-state index contributed by atoms with van der Waals surface area (Å²) >= 11 is 2.05. The van der Waals surface area contributed by atoms with Gasteiger partial charge in [0.15, 0.2) is 0 Å². The van der Waals surface area contributed by atoms with Crippen LogP contribution in [0.5, 0.6) is 0 Å². The molecule has 2 heteroatoms. The van der Waals surface area contributed by atoms with Crippen LogP contribution >= 0.6 is 11.8 Å². The zero-order valence-corrected chi connectivity index (χ0v) is 13.2. The molecule has 1 aliphatic carbocycles. The lowest BCUT2D eigenvalue weighted by Gasteiger charge is -2.32. The first-order chi connectivity index (χ1) is 9.85. The minimum absolute atomic E-state index is 0.265. The number of nitriles is 1. The lowest BCUT2D eigenvalue weighted by atomic mass is 9.79. The molecule has 0 aromatic heterocycles. The molecule has 2 rings (SSSR count). The third-order valence-electron chi connectivity index (χ3n) is 4.31. The van der Waals surface area contributed by atoms with Gasteiger partial charge >= 0.3 is 0 Å². The fraction of sp³-hybridized carbons (Fsp3) is 0.611. The Labute approximate surface area is 127 Å². The van der Waals surface area contributed by atoms with Crippen molar-refractivity contribution in [3.63, 3.8) is 0 Å². The minimum atomic E-state index is 0.265. The summed E-state index contributed by atoms with van der Waals surface area (Å²) in [5.74, 6) is 2.14. The second kappa shape index (κ2) is 8.37. The van der Waals surface area contributed by atoms with Crippen molar-refractivity contribution in [2.24, 2.45) is 5.92 Å². The molecule has 1 aliphatic rings. The predicted octanol–water partition coefficient (Wildman–Crippen LogP) is 5.39. The summed E-state index contributed by atoms with van der Waals surface area (Å²) in [6, 6.07) is 13.4. The SMILES string of the molecule is CCCCCSC1CC(c2ccccc2)CCC1C#N. The highest BCUT2D eigenvalue weighted by atomic mass is 32.2. The van der Waals surface area contributed by atoms with E-state index in [2.05, 4.69) is 43.3 Å². The van der Waals surface area contributed by atoms with Gasteiger partial charge in [0.2, 0.25) is 0 Å².